The quantitative estimate of drug-likeness (QED) is 0.882. The third kappa shape index (κ3) is 4.41. The number of anilines is 1. The van der Waals surface area contributed by atoms with E-state index in [4.69, 9.17) is 4.74 Å². The van der Waals surface area contributed by atoms with Crippen LogP contribution in [-0.4, -0.2) is 35.1 Å². The van der Waals surface area contributed by atoms with Crippen LogP contribution in [0, 0.1) is 6.92 Å². The van der Waals surface area contributed by atoms with Gasteiger partial charge in [0.25, 0.3) is 0 Å². The van der Waals surface area contributed by atoms with E-state index in [0.29, 0.717) is 24.6 Å². The summed E-state index contributed by atoms with van der Waals surface area (Å²) in [5.41, 5.74) is 0.0733. The number of carbonyl (C=O) groups is 1. The summed E-state index contributed by atoms with van der Waals surface area (Å²) >= 11 is 1.34. The Kier molecular flexibility index (Phi) is 4.85. The first kappa shape index (κ1) is 17.5. The van der Waals surface area contributed by atoms with Crippen LogP contribution in [0.2, 0.25) is 0 Å². The van der Waals surface area contributed by atoms with Gasteiger partial charge in [-0.3, -0.25) is 5.32 Å². The number of carbonyl (C=O) groups excluding carboxylic acids is 1. The number of nitrogens with one attached hydrogen (secondary N) is 1. The molecule has 0 saturated carbocycles. The number of rotatable bonds is 3. The molecule has 0 unspecified atom stereocenters. The van der Waals surface area contributed by atoms with Crippen molar-refractivity contribution in [3.05, 3.63) is 40.9 Å². The number of aryl methyl sites for hydroxylation is 1. The molecular weight excluding hydrogens is 355 g/mol. The van der Waals surface area contributed by atoms with Gasteiger partial charge in [-0.25, -0.2) is 9.78 Å². The first-order valence-corrected chi connectivity index (χ1v) is 8.51. The minimum atomic E-state index is -4.41. The first-order chi connectivity index (χ1) is 11.8. The van der Waals surface area contributed by atoms with Crippen LogP contribution in [0.25, 0.3) is 0 Å². The van der Waals surface area contributed by atoms with Gasteiger partial charge in [-0.05, 0) is 25.1 Å². The molecule has 9 heteroatoms. The van der Waals surface area contributed by atoms with Crippen LogP contribution in [0.15, 0.2) is 29.6 Å². The molecule has 1 fully saturated rings. The number of ether oxygens (including phenoxy) is 1. The number of urea groups is 1. The maximum absolute atomic E-state index is 12.7. The van der Waals surface area contributed by atoms with Gasteiger partial charge in [0.2, 0.25) is 0 Å². The third-order valence-corrected chi connectivity index (χ3v) is 4.60. The van der Waals surface area contributed by atoms with Crippen LogP contribution in [0.3, 0.4) is 0 Å². The smallest absolute Gasteiger partial charge is 0.416 e. The first-order valence-electron chi connectivity index (χ1n) is 7.63. The largest absolute Gasteiger partial charge is 0.489 e. The molecule has 0 radical (unpaired) electrons. The van der Waals surface area contributed by atoms with E-state index in [2.05, 4.69) is 10.3 Å². The number of hydrogen-bond donors (Lipinski definition) is 1. The second kappa shape index (κ2) is 6.91. The molecule has 1 saturated heterocycles. The lowest BCUT2D eigenvalue weighted by Gasteiger charge is -2.17. The van der Waals surface area contributed by atoms with Crippen LogP contribution >= 0.6 is 11.3 Å². The summed E-state index contributed by atoms with van der Waals surface area (Å²) in [6.07, 6.45) is -4.19. The number of hydrogen-bond acceptors (Lipinski definition) is 4. The van der Waals surface area contributed by atoms with Gasteiger partial charge < -0.3 is 9.64 Å². The summed E-state index contributed by atoms with van der Waals surface area (Å²) < 4.78 is 43.8. The molecule has 1 aromatic carbocycles. The fourth-order valence-electron chi connectivity index (χ4n) is 2.53. The van der Waals surface area contributed by atoms with Gasteiger partial charge in [-0.1, -0.05) is 6.07 Å². The van der Waals surface area contributed by atoms with Crippen LogP contribution < -0.4 is 10.1 Å². The van der Waals surface area contributed by atoms with Gasteiger partial charge in [0.15, 0.2) is 5.13 Å². The third-order valence-electron chi connectivity index (χ3n) is 3.73. The molecule has 0 spiro atoms. The Morgan fingerprint density at radius 1 is 1.44 bits per heavy atom. The van der Waals surface area contributed by atoms with E-state index in [0.717, 1.165) is 17.8 Å². The molecule has 0 aliphatic carbocycles. The van der Waals surface area contributed by atoms with Gasteiger partial charge in [0.05, 0.1) is 17.8 Å². The Morgan fingerprint density at radius 3 is 2.92 bits per heavy atom. The molecule has 1 aliphatic rings. The van der Waals surface area contributed by atoms with Gasteiger partial charge in [-0.15, -0.1) is 11.3 Å². The summed E-state index contributed by atoms with van der Waals surface area (Å²) in [4.78, 5) is 17.9. The summed E-state index contributed by atoms with van der Waals surface area (Å²) in [7, 11) is 0. The van der Waals surface area contributed by atoms with Crippen molar-refractivity contribution < 1.29 is 22.7 Å². The number of likely N-dealkylation sites (tertiary alicyclic amines) is 1. The average Bonchev–Trinajstić information content (AvgIpc) is 3.16. The van der Waals surface area contributed by atoms with Crippen LogP contribution in [0.4, 0.5) is 23.1 Å². The summed E-state index contributed by atoms with van der Waals surface area (Å²) in [5.74, 6) is 0.151. The highest BCUT2D eigenvalue weighted by atomic mass is 32.1. The summed E-state index contributed by atoms with van der Waals surface area (Å²) in [5, 5.41) is 5.06. The fourth-order valence-corrected chi connectivity index (χ4v) is 3.21. The van der Waals surface area contributed by atoms with E-state index < -0.39 is 11.7 Å². The van der Waals surface area contributed by atoms with Crippen molar-refractivity contribution in [1.29, 1.82) is 0 Å². The van der Waals surface area contributed by atoms with Crippen LogP contribution in [0.1, 0.15) is 17.7 Å². The van der Waals surface area contributed by atoms with Gasteiger partial charge in [0.1, 0.15) is 11.9 Å². The molecule has 134 valence electrons. The minimum Gasteiger partial charge on any atom is -0.489 e. The number of halogens is 3. The number of aromatic nitrogens is 1. The molecule has 2 amide bonds. The SMILES string of the molecule is Cc1csc(NC(=O)N2CC[C@H](Oc3cccc(C(F)(F)F)c3)C2)n1. The van der Waals surface area contributed by atoms with Crippen molar-refractivity contribution >= 4 is 22.5 Å². The van der Waals surface area contributed by atoms with Crippen LogP contribution in [-0.2, 0) is 6.18 Å². The van der Waals surface area contributed by atoms with Crippen LogP contribution in [0.5, 0.6) is 5.75 Å². The Balaban J connectivity index is 1.57. The maximum Gasteiger partial charge on any atom is 0.416 e. The molecule has 1 atom stereocenters. The molecule has 1 aromatic heterocycles. The monoisotopic (exact) mass is 371 g/mol. The second-order valence-electron chi connectivity index (χ2n) is 5.72. The Labute approximate surface area is 146 Å². The van der Waals surface area contributed by atoms with E-state index in [1.807, 2.05) is 12.3 Å². The van der Waals surface area contributed by atoms with Gasteiger partial charge in [0, 0.05) is 18.3 Å². The Morgan fingerprint density at radius 2 is 2.24 bits per heavy atom. The molecule has 2 aromatic rings. The number of amides is 2. The number of thiazole rings is 1. The lowest BCUT2D eigenvalue weighted by Crippen LogP contribution is -2.34. The predicted molar refractivity (Wildman–Crippen MR) is 87.9 cm³/mol. The molecule has 1 N–H and O–H groups in total. The molecule has 0 bridgehead atoms. The van der Waals surface area contributed by atoms with Crippen molar-refractivity contribution in [1.82, 2.24) is 9.88 Å². The Hall–Kier alpha value is -2.29. The standard InChI is InChI=1S/C16H16F3N3O2S/c1-10-9-25-14(20-10)21-15(23)22-6-5-13(8-22)24-12-4-2-3-11(7-12)16(17,18)19/h2-4,7,9,13H,5-6,8H2,1H3,(H,20,21,23)/t13-/m0/s1. The van der Waals surface area contributed by atoms with Crippen molar-refractivity contribution in [2.75, 3.05) is 18.4 Å². The molecule has 1 aliphatic heterocycles. The summed E-state index contributed by atoms with van der Waals surface area (Å²) in [6.45, 7) is 2.62. The lowest BCUT2D eigenvalue weighted by atomic mass is 10.2. The van der Waals surface area contributed by atoms with E-state index in [1.165, 1.54) is 23.5 Å². The predicted octanol–water partition coefficient (Wildman–Crippen LogP) is 4.16. The highest BCUT2D eigenvalue weighted by Gasteiger charge is 2.32. The average molecular weight is 371 g/mol. The number of nitrogens with zero attached hydrogens (tertiary/aromatic N) is 2. The second-order valence-corrected chi connectivity index (χ2v) is 6.58. The molecular formula is C16H16F3N3O2S. The summed E-state index contributed by atoms with van der Waals surface area (Å²) in [6, 6.07) is 4.47. The molecule has 2 heterocycles. The highest BCUT2D eigenvalue weighted by Crippen LogP contribution is 2.32. The molecule has 5 nitrogen and oxygen atoms in total. The zero-order valence-electron chi connectivity index (χ0n) is 13.3. The highest BCUT2D eigenvalue weighted by molar-refractivity contribution is 7.13. The Bertz CT molecular complexity index is 763. The van der Waals surface area contributed by atoms with E-state index in [-0.39, 0.29) is 17.9 Å². The number of benzene rings is 1. The van der Waals surface area contributed by atoms with E-state index in [9.17, 15) is 18.0 Å². The van der Waals surface area contributed by atoms with Gasteiger partial charge >= 0.3 is 12.2 Å². The topological polar surface area (TPSA) is 54.5 Å². The fraction of sp³-hybridized carbons (Fsp3) is 0.375. The van der Waals surface area contributed by atoms with Crippen molar-refractivity contribution in [3.8, 4) is 5.75 Å². The van der Waals surface area contributed by atoms with Crippen molar-refractivity contribution in [3.63, 3.8) is 0 Å². The minimum absolute atomic E-state index is 0.151. The number of alkyl halides is 3. The van der Waals surface area contributed by atoms with E-state index >= 15 is 0 Å². The zero-order valence-corrected chi connectivity index (χ0v) is 14.2. The zero-order chi connectivity index (χ0) is 18.0. The van der Waals surface area contributed by atoms with Gasteiger partial charge in [-0.2, -0.15) is 13.2 Å². The van der Waals surface area contributed by atoms with Crippen molar-refractivity contribution in [2.24, 2.45) is 0 Å². The lowest BCUT2D eigenvalue weighted by molar-refractivity contribution is -0.137. The normalized spacial score (nSPS) is 17.6. The maximum atomic E-state index is 12.7. The van der Waals surface area contributed by atoms with E-state index in [1.54, 1.807) is 4.90 Å². The molecule has 3 rings (SSSR count). The molecule has 25 heavy (non-hydrogen) atoms. The van der Waals surface area contributed by atoms with Crippen molar-refractivity contribution in [2.45, 2.75) is 25.6 Å².